The molecule has 0 aliphatic rings. The van der Waals surface area contributed by atoms with E-state index < -0.39 is 11.4 Å². The van der Waals surface area contributed by atoms with Crippen molar-refractivity contribution < 1.29 is 9.59 Å². The molecular weight excluding hydrogens is 232 g/mol. The van der Waals surface area contributed by atoms with Crippen LogP contribution in [0.15, 0.2) is 12.1 Å². The van der Waals surface area contributed by atoms with Gasteiger partial charge in [-0.25, -0.2) is 4.98 Å². The van der Waals surface area contributed by atoms with Crippen molar-refractivity contribution in [1.29, 1.82) is 0 Å². The third kappa shape index (κ3) is 4.04. The second-order valence-corrected chi connectivity index (χ2v) is 4.90. The zero-order valence-corrected chi connectivity index (χ0v) is 10.8. The normalized spacial score (nSPS) is 11.1. The summed E-state index contributed by atoms with van der Waals surface area (Å²) >= 11 is 0. The van der Waals surface area contributed by atoms with Gasteiger partial charge >= 0.3 is 0 Å². The second-order valence-electron chi connectivity index (χ2n) is 4.90. The molecule has 6 nitrogen and oxygen atoms in total. The minimum absolute atomic E-state index is 0.0677. The van der Waals surface area contributed by atoms with Gasteiger partial charge in [0.1, 0.15) is 5.82 Å². The number of nitrogen functional groups attached to an aromatic ring is 1. The molecule has 2 amide bonds. The van der Waals surface area contributed by atoms with Crippen molar-refractivity contribution in [2.45, 2.75) is 32.7 Å². The molecular formula is C12H18N4O2. The molecule has 1 aromatic heterocycles. The molecule has 0 aromatic carbocycles. The van der Waals surface area contributed by atoms with Crippen LogP contribution in [0.4, 0.5) is 5.82 Å². The Kier molecular flexibility index (Phi) is 3.90. The summed E-state index contributed by atoms with van der Waals surface area (Å²) in [7, 11) is 0. The maximum atomic E-state index is 12.0. The smallest absolute Gasteiger partial charge is 0.251 e. The lowest BCUT2D eigenvalue weighted by Gasteiger charge is -2.24. The number of nitrogens with two attached hydrogens (primary N) is 2. The summed E-state index contributed by atoms with van der Waals surface area (Å²) in [6.07, 6.45) is 0.0677. The molecule has 0 aliphatic carbocycles. The molecule has 98 valence electrons. The minimum Gasteiger partial charge on any atom is -0.384 e. The number of hydrogen-bond acceptors (Lipinski definition) is 4. The van der Waals surface area contributed by atoms with Crippen LogP contribution in [0.5, 0.6) is 0 Å². The molecule has 0 fully saturated rings. The van der Waals surface area contributed by atoms with Gasteiger partial charge in [0.25, 0.3) is 5.91 Å². The first-order valence-electron chi connectivity index (χ1n) is 5.54. The molecule has 18 heavy (non-hydrogen) atoms. The van der Waals surface area contributed by atoms with Crippen molar-refractivity contribution in [3.63, 3.8) is 0 Å². The predicted molar refractivity (Wildman–Crippen MR) is 68.7 cm³/mol. The van der Waals surface area contributed by atoms with Crippen molar-refractivity contribution >= 4 is 17.6 Å². The number of aromatic nitrogens is 1. The lowest BCUT2D eigenvalue weighted by molar-refractivity contribution is -0.119. The van der Waals surface area contributed by atoms with E-state index in [0.717, 1.165) is 0 Å². The van der Waals surface area contributed by atoms with E-state index in [1.165, 1.54) is 6.07 Å². The van der Waals surface area contributed by atoms with Crippen LogP contribution in [0, 0.1) is 6.92 Å². The molecule has 0 unspecified atom stereocenters. The number of nitrogens with one attached hydrogen (secondary N) is 1. The van der Waals surface area contributed by atoms with Gasteiger partial charge in [0.15, 0.2) is 0 Å². The minimum atomic E-state index is -0.700. The number of nitrogens with zero attached hydrogens (tertiary/aromatic N) is 1. The van der Waals surface area contributed by atoms with Crippen molar-refractivity contribution in [3.05, 3.63) is 23.4 Å². The number of pyridine rings is 1. The first-order chi connectivity index (χ1) is 8.19. The fourth-order valence-corrected chi connectivity index (χ4v) is 1.68. The largest absolute Gasteiger partial charge is 0.384 e. The first-order valence-corrected chi connectivity index (χ1v) is 5.54. The van der Waals surface area contributed by atoms with Crippen molar-refractivity contribution in [1.82, 2.24) is 10.3 Å². The maximum absolute atomic E-state index is 12.0. The molecule has 6 heteroatoms. The standard InChI is InChI=1S/C12H18N4O2/c1-7-4-8(5-9(13)15-7)11(18)16-12(2,3)6-10(14)17/h4-5H,6H2,1-3H3,(H2,13,15)(H2,14,17)(H,16,18). The summed E-state index contributed by atoms with van der Waals surface area (Å²) in [6.45, 7) is 5.21. The molecule has 0 spiro atoms. The van der Waals surface area contributed by atoms with Gasteiger partial charge in [-0.05, 0) is 32.9 Å². The second kappa shape index (κ2) is 5.03. The molecule has 0 radical (unpaired) electrons. The summed E-state index contributed by atoms with van der Waals surface area (Å²) in [4.78, 5) is 26.9. The molecule has 1 rings (SSSR count). The van der Waals surface area contributed by atoms with E-state index in [1.54, 1.807) is 26.8 Å². The fourth-order valence-electron chi connectivity index (χ4n) is 1.68. The Morgan fingerprint density at radius 1 is 1.39 bits per heavy atom. The van der Waals surface area contributed by atoms with Crippen LogP contribution < -0.4 is 16.8 Å². The van der Waals surface area contributed by atoms with Gasteiger partial charge in [-0.3, -0.25) is 9.59 Å². The lowest BCUT2D eigenvalue weighted by atomic mass is 9.99. The van der Waals surface area contributed by atoms with Crippen LogP contribution >= 0.6 is 0 Å². The van der Waals surface area contributed by atoms with E-state index in [2.05, 4.69) is 10.3 Å². The van der Waals surface area contributed by atoms with Crippen LogP contribution in [0.1, 0.15) is 36.3 Å². The van der Waals surface area contributed by atoms with Gasteiger partial charge in [-0.1, -0.05) is 0 Å². The van der Waals surface area contributed by atoms with Gasteiger partial charge in [-0.15, -0.1) is 0 Å². The molecule has 0 saturated heterocycles. The number of aryl methyl sites for hydroxylation is 1. The highest BCUT2D eigenvalue weighted by Gasteiger charge is 2.23. The van der Waals surface area contributed by atoms with Crippen molar-refractivity contribution in [3.8, 4) is 0 Å². The lowest BCUT2D eigenvalue weighted by Crippen LogP contribution is -2.46. The number of amides is 2. The summed E-state index contributed by atoms with van der Waals surface area (Å²) < 4.78 is 0. The monoisotopic (exact) mass is 250 g/mol. The summed E-state index contributed by atoms with van der Waals surface area (Å²) in [6, 6.07) is 3.12. The fraction of sp³-hybridized carbons (Fsp3) is 0.417. The predicted octanol–water partition coefficient (Wildman–Crippen LogP) is 0.356. The van der Waals surface area contributed by atoms with Gasteiger partial charge in [0.2, 0.25) is 5.91 Å². The first kappa shape index (κ1) is 14.0. The molecule has 0 aliphatic heterocycles. The Hall–Kier alpha value is -2.11. The number of primary amides is 1. The number of hydrogen-bond donors (Lipinski definition) is 3. The van der Waals surface area contributed by atoms with Gasteiger partial charge in [0, 0.05) is 23.2 Å². The zero-order chi connectivity index (χ0) is 13.9. The highest BCUT2D eigenvalue weighted by Crippen LogP contribution is 2.12. The van der Waals surface area contributed by atoms with Crippen molar-refractivity contribution in [2.24, 2.45) is 5.73 Å². The van der Waals surface area contributed by atoms with Crippen LogP contribution in [-0.2, 0) is 4.79 Å². The summed E-state index contributed by atoms with van der Waals surface area (Å²) in [5.74, 6) is -0.489. The van der Waals surface area contributed by atoms with Crippen LogP contribution in [0.2, 0.25) is 0 Å². The highest BCUT2D eigenvalue weighted by molar-refractivity contribution is 5.95. The summed E-state index contributed by atoms with van der Waals surface area (Å²) in [5.41, 5.74) is 11.1. The molecule has 5 N–H and O–H groups in total. The number of anilines is 1. The SMILES string of the molecule is Cc1cc(C(=O)NC(C)(C)CC(N)=O)cc(N)n1. The van der Waals surface area contributed by atoms with Crippen molar-refractivity contribution in [2.75, 3.05) is 5.73 Å². The van der Waals surface area contributed by atoms with E-state index in [9.17, 15) is 9.59 Å². The van der Waals surface area contributed by atoms with E-state index in [0.29, 0.717) is 11.3 Å². The summed E-state index contributed by atoms with van der Waals surface area (Å²) in [5, 5.41) is 2.74. The average Bonchev–Trinajstić information content (AvgIpc) is 2.12. The Balaban J connectivity index is 2.85. The number of rotatable bonds is 4. The van der Waals surface area contributed by atoms with E-state index in [1.807, 2.05) is 0 Å². The quantitative estimate of drug-likeness (QED) is 0.716. The number of carbonyl (C=O) groups excluding carboxylic acids is 2. The Bertz CT molecular complexity index is 463. The molecule has 0 atom stereocenters. The molecule has 1 aromatic rings. The molecule has 1 heterocycles. The molecule has 0 bridgehead atoms. The van der Waals surface area contributed by atoms with Gasteiger partial charge < -0.3 is 16.8 Å². The Morgan fingerprint density at radius 2 is 2.00 bits per heavy atom. The average molecular weight is 250 g/mol. The van der Waals surface area contributed by atoms with Crippen LogP contribution in [-0.4, -0.2) is 22.3 Å². The maximum Gasteiger partial charge on any atom is 0.251 e. The van der Waals surface area contributed by atoms with E-state index >= 15 is 0 Å². The number of carbonyl (C=O) groups is 2. The Morgan fingerprint density at radius 3 is 2.50 bits per heavy atom. The molecule has 0 saturated carbocycles. The topological polar surface area (TPSA) is 111 Å². The Labute approximate surface area is 106 Å². The third-order valence-corrected chi connectivity index (χ3v) is 2.30. The highest BCUT2D eigenvalue weighted by atomic mass is 16.2. The zero-order valence-electron chi connectivity index (χ0n) is 10.8. The third-order valence-electron chi connectivity index (χ3n) is 2.30. The van der Waals surface area contributed by atoms with Gasteiger partial charge in [-0.2, -0.15) is 0 Å². The van der Waals surface area contributed by atoms with Gasteiger partial charge in [0.05, 0.1) is 0 Å². The van der Waals surface area contributed by atoms with E-state index in [-0.39, 0.29) is 18.1 Å². The van der Waals surface area contributed by atoms with Crippen LogP contribution in [0.3, 0.4) is 0 Å². The van der Waals surface area contributed by atoms with E-state index in [4.69, 9.17) is 11.5 Å². The van der Waals surface area contributed by atoms with Crippen LogP contribution in [0.25, 0.3) is 0 Å².